The lowest BCUT2D eigenvalue weighted by Crippen LogP contribution is -2.17. The minimum atomic E-state index is 0.0294. The number of nitrogens with zero attached hydrogens (tertiary/aromatic N) is 1. The maximum Gasteiger partial charge on any atom is 0.140 e. The fourth-order valence-corrected chi connectivity index (χ4v) is 3.50. The molecule has 1 N–H and O–H groups in total. The number of anilines is 1. The third-order valence-corrected chi connectivity index (χ3v) is 4.48. The lowest BCUT2D eigenvalue weighted by atomic mass is 10.1. The third kappa shape index (κ3) is 2.60. The van der Waals surface area contributed by atoms with Crippen molar-refractivity contribution in [3.8, 4) is 0 Å². The molecule has 19 heavy (non-hydrogen) atoms. The first-order valence-electron chi connectivity index (χ1n) is 5.94. The Morgan fingerprint density at radius 2 is 2.11 bits per heavy atom. The van der Waals surface area contributed by atoms with Crippen LogP contribution < -0.4 is 5.32 Å². The molecule has 5 heteroatoms. The van der Waals surface area contributed by atoms with Crippen molar-refractivity contribution in [2.24, 2.45) is 0 Å². The molecule has 98 valence electrons. The second-order valence-electron chi connectivity index (χ2n) is 4.52. The van der Waals surface area contributed by atoms with E-state index in [9.17, 15) is 0 Å². The predicted octanol–water partition coefficient (Wildman–Crippen LogP) is 4.81. The van der Waals surface area contributed by atoms with Crippen LogP contribution >= 0.6 is 39.1 Å². The number of benzene rings is 1. The molecule has 1 heterocycles. The topological polar surface area (TPSA) is 24.9 Å². The van der Waals surface area contributed by atoms with Gasteiger partial charge in [-0.1, -0.05) is 35.9 Å². The van der Waals surface area contributed by atoms with Gasteiger partial charge < -0.3 is 5.32 Å². The Labute approximate surface area is 130 Å². The largest absolute Gasteiger partial charge is 0.361 e. The molecule has 2 nitrogen and oxygen atoms in total. The molecule has 0 aliphatic heterocycles. The molecular weight excluding hydrogens is 347 g/mol. The zero-order chi connectivity index (χ0) is 13.4. The molecule has 0 radical (unpaired) electrons. The van der Waals surface area contributed by atoms with E-state index in [-0.39, 0.29) is 11.4 Å². The summed E-state index contributed by atoms with van der Waals surface area (Å²) in [7, 11) is 0. The highest BCUT2D eigenvalue weighted by atomic mass is 79.9. The number of halogens is 3. The van der Waals surface area contributed by atoms with E-state index in [2.05, 4.69) is 38.4 Å². The molecule has 2 unspecified atom stereocenters. The number of alkyl halides is 1. The van der Waals surface area contributed by atoms with E-state index in [4.69, 9.17) is 23.2 Å². The normalized spacial score (nSPS) is 21.2. The van der Waals surface area contributed by atoms with Gasteiger partial charge in [-0.25, -0.2) is 4.98 Å². The van der Waals surface area contributed by atoms with Crippen LogP contribution in [0.15, 0.2) is 41.0 Å². The Morgan fingerprint density at radius 3 is 2.89 bits per heavy atom. The fraction of sp³-hybridized carbons (Fsp3) is 0.214. The average molecular weight is 358 g/mol. The molecule has 3 rings (SSSR count). The number of aromatic nitrogens is 1. The predicted molar refractivity (Wildman–Crippen MR) is 83.1 cm³/mol. The third-order valence-electron chi connectivity index (χ3n) is 3.27. The summed E-state index contributed by atoms with van der Waals surface area (Å²) >= 11 is 15.8. The summed E-state index contributed by atoms with van der Waals surface area (Å²) in [6, 6.07) is 10.2. The van der Waals surface area contributed by atoms with Crippen molar-refractivity contribution < 1.29 is 0 Å². The van der Waals surface area contributed by atoms with Gasteiger partial charge >= 0.3 is 0 Å². The fourth-order valence-electron chi connectivity index (χ4n) is 2.38. The summed E-state index contributed by atoms with van der Waals surface area (Å²) in [5.74, 6) is 0.761. The van der Waals surface area contributed by atoms with Crippen LogP contribution in [0.1, 0.15) is 17.2 Å². The van der Waals surface area contributed by atoms with Gasteiger partial charge in [0.05, 0.1) is 20.9 Å². The van der Waals surface area contributed by atoms with Crippen molar-refractivity contribution in [2.75, 3.05) is 5.32 Å². The molecule has 0 saturated heterocycles. The number of fused-ring (bicyclic) bond motifs is 1. The number of hydrogen-bond acceptors (Lipinski definition) is 2. The molecule has 0 bridgehead atoms. The van der Waals surface area contributed by atoms with Crippen LogP contribution in [0.25, 0.3) is 0 Å². The van der Waals surface area contributed by atoms with Gasteiger partial charge in [0.25, 0.3) is 0 Å². The van der Waals surface area contributed by atoms with E-state index in [0.717, 1.165) is 16.7 Å². The van der Waals surface area contributed by atoms with E-state index < -0.39 is 0 Å². The summed E-state index contributed by atoms with van der Waals surface area (Å²) in [5, 5.41) is 4.03. The van der Waals surface area contributed by atoms with Crippen LogP contribution in [0.5, 0.6) is 0 Å². The van der Waals surface area contributed by atoms with E-state index >= 15 is 0 Å². The first kappa shape index (κ1) is 13.2. The SMILES string of the molecule is Clc1cnc(NC2c3ccccc3CC2Cl)c(Br)c1. The zero-order valence-corrected chi connectivity index (χ0v) is 13.0. The first-order chi connectivity index (χ1) is 9.15. The van der Waals surface area contributed by atoms with Crippen LogP contribution in [0.2, 0.25) is 5.02 Å². The minimum Gasteiger partial charge on any atom is -0.361 e. The summed E-state index contributed by atoms with van der Waals surface area (Å²) < 4.78 is 0.841. The molecule has 0 amide bonds. The molecule has 2 aromatic rings. The van der Waals surface area contributed by atoms with Gasteiger partial charge in [-0.15, -0.1) is 11.6 Å². The van der Waals surface area contributed by atoms with E-state index in [1.807, 2.05) is 18.2 Å². The Bertz CT molecular complexity index is 618. The highest BCUT2D eigenvalue weighted by Crippen LogP contribution is 2.38. The smallest absolute Gasteiger partial charge is 0.140 e. The van der Waals surface area contributed by atoms with Gasteiger partial charge in [0, 0.05) is 6.20 Å². The summed E-state index contributed by atoms with van der Waals surface area (Å²) in [5.41, 5.74) is 2.54. The van der Waals surface area contributed by atoms with Gasteiger partial charge in [0.1, 0.15) is 5.82 Å². The number of rotatable bonds is 2. The van der Waals surface area contributed by atoms with E-state index in [0.29, 0.717) is 5.02 Å². The molecule has 0 saturated carbocycles. The monoisotopic (exact) mass is 356 g/mol. The van der Waals surface area contributed by atoms with Crippen molar-refractivity contribution in [3.63, 3.8) is 0 Å². The molecule has 0 fully saturated rings. The zero-order valence-electron chi connectivity index (χ0n) is 9.91. The quantitative estimate of drug-likeness (QED) is 0.780. The Kier molecular flexibility index (Phi) is 3.70. The maximum absolute atomic E-state index is 6.45. The summed E-state index contributed by atoms with van der Waals surface area (Å²) in [6.07, 6.45) is 2.50. The molecule has 0 spiro atoms. The molecule has 1 aromatic heterocycles. The first-order valence-corrected chi connectivity index (χ1v) is 7.55. The Morgan fingerprint density at radius 1 is 1.32 bits per heavy atom. The highest BCUT2D eigenvalue weighted by molar-refractivity contribution is 9.10. The van der Waals surface area contributed by atoms with E-state index in [1.165, 1.54) is 11.1 Å². The average Bonchev–Trinajstić information content (AvgIpc) is 2.69. The van der Waals surface area contributed by atoms with Gasteiger partial charge in [0.2, 0.25) is 0 Å². The Balaban J connectivity index is 1.91. The summed E-state index contributed by atoms with van der Waals surface area (Å²) in [6.45, 7) is 0. The van der Waals surface area contributed by atoms with E-state index in [1.54, 1.807) is 6.20 Å². The van der Waals surface area contributed by atoms with Crippen LogP contribution in [-0.4, -0.2) is 10.4 Å². The second-order valence-corrected chi connectivity index (χ2v) is 6.38. The minimum absolute atomic E-state index is 0.0294. The van der Waals surface area contributed by atoms with Crippen molar-refractivity contribution in [1.29, 1.82) is 0 Å². The Hall–Kier alpha value is -0.770. The van der Waals surface area contributed by atoms with Crippen LogP contribution in [-0.2, 0) is 6.42 Å². The highest BCUT2D eigenvalue weighted by Gasteiger charge is 2.31. The second kappa shape index (κ2) is 5.31. The molecule has 1 aromatic carbocycles. The van der Waals surface area contributed by atoms with Crippen LogP contribution in [0.4, 0.5) is 5.82 Å². The molecule has 1 aliphatic rings. The van der Waals surface area contributed by atoms with Gasteiger partial charge in [-0.05, 0) is 39.5 Å². The standard InChI is InChI=1S/C14H11BrCl2N2/c15-11-6-9(16)7-18-14(11)19-13-10-4-2-1-3-8(10)5-12(13)17/h1-4,6-7,12-13H,5H2,(H,18,19). The van der Waals surface area contributed by atoms with Gasteiger partial charge in [-0.2, -0.15) is 0 Å². The van der Waals surface area contributed by atoms with Crippen LogP contribution in [0.3, 0.4) is 0 Å². The van der Waals surface area contributed by atoms with Crippen molar-refractivity contribution >= 4 is 44.9 Å². The number of hydrogen-bond donors (Lipinski definition) is 1. The van der Waals surface area contributed by atoms with Gasteiger partial charge in [-0.3, -0.25) is 0 Å². The van der Waals surface area contributed by atoms with Crippen LogP contribution in [0, 0.1) is 0 Å². The molecule has 2 atom stereocenters. The van der Waals surface area contributed by atoms with Gasteiger partial charge in [0.15, 0.2) is 0 Å². The molecule has 1 aliphatic carbocycles. The number of pyridine rings is 1. The van der Waals surface area contributed by atoms with Crippen molar-refractivity contribution in [3.05, 3.63) is 57.2 Å². The lowest BCUT2D eigenvalue weighted by molar-refractivity contribution is 0.766. The van der Waals surface area contributed by atoms with Crippen molar-refractivity contribution in [1.82, 2.24) is 4.98 Å². The lowest BCUT2D eigenvalue weighted by Gasteiger charge is -2.19. The summed E-state index contributed by atoms with van der Waals surface area (Å²) in [4.78, 5) is 4.30. The maximum atomic E-state index is 6.45. The number of nitrogens with one attached hydrogen (secondary N) is 1. The van der Waals surface area contributed by atoms with Crippen molar-refractivity contribution in [2.45, 2.75) is 17.8 Å². The molecular formula is C14H11BrCl2N2.